The number of nitriles is 1. The van der Waals surface area contributed by atoms with Crippen molar-refractivity contribution in [2.75, 3.05) is 18.8 Å². The number of rotatable bonds is 2. The molecule has 0 amide bonds. The van der Waals surface area contributed by atoms with E-state index in [2.05, 4.69) is 55.3 Å². The van der Waals surface area contributed by atoms with Gasteiger partial charge in [0.2, 0.25) is 0 Å². The van der Waals surface area contributed by atoms with Crippen molar-refractivity contribution in [2.24, 2.45) is 5.92 Å². The first-order valence-electron chi connectivity index (χ1n) is 10.2. The molecule has 3 aromatic rings. The molecule has 150 valence electrons. The van der Waals surface area contributed by atoms with Gasteiger partial charge in [-0.1, -0.05) is 50.2 Å². The molecule has 0 saturated carbocycles. The Bertz CT molecular complexity index is 1140. The molecule has 4 nitrogen and oxygen atoms in total. The lowest BCUT2D eigenvalue weighted by Crippen LogP contribution is -2.51. The molecule has 0 aliphatic carbocycles. The van der Waals surface area contributed by atoms with E-state index in [1.807, 2.05) is 36.4 Å². The van der Waals surface area contributed by atoms with Crippen LogP contribution in [0, 0.1) is 17.2 Å². The van der Waals surface area contributed by atoms with E-state index in [4.69, 9.17) is 14.8 Å². The Labute approximate surface area is 177 Å². The fourth-order valence-corrected chi connectivity index (χ4v) is 4.96. The van der Waals surface area contributed by atoms with Crippen molar-refractivity contribution in [3.63, 3.8) is 0 Å². The van der Waals surface area contributed by atoms with Gasteiger partial charge < -0.3 is 4.74 Å². The molecular weight excluding hydrogens is 372 g/mol. The number of benzene rings is 3. The molecule has 3 aromatic carbocycles. The van der Waals surface area contributed by atoms with Crippen LogP contribution in [0.1, 0.15) is 36.6 Å². The highest BCUT2D eigenvalue weighted by atomic mass is 16.7. The van der Waals surface area contributed by atoms with Gasteiger partial charge in [-0.05, 0) is 47.0 Å². The van der Waals surface area contributed by atoms with Crippen LogP contribution in [0.15, 0.2) is 66.7 Å². The van der Waals surface area contributed by atoms with E-state index >= 15 is 0 Å². The predicted octanol–water partition coefficient (Wildman–Crippen LogP) is 5.63. The number of para-hydroxylation sites is 1. The molecular formula is C26H24N2O2. The molecule has 2 atom stereocenters. The molecule has 0 radical (unpaired) electrons. The second-order valence-electron chi connectivity index (χ2n) is 8.55. The molecule has 5 rings (SSSR count). The minimum absolute atomic E-state index is 0.100. The maximum atomic E-state index is 9.08. The lowest BCUT2D eigenvalue weighted by Gasteiger charge is -2.52. The Morgan fingerprint density at radius 1 is 1.03 bits per heavy atom. The average molecular weight is 396 g/mol. The Kier molecular flexibility index (Phi) is 4.30. The highest BCUT2D eigenvalue weighted by Gasteiger charge is 2.50. The zero-order chi connectivity index (χ0) is 20.9. The topological polar surface area (TPSA) is 45.5 Å². The van der Waals surface area contributed by atoms with Gasteiger partial charge in [0.05, 0.1) is 37.1 Å². The second kappa shape index (κ2) is 6.90. The minimum Gasteiger partial charge on any atom is -0.493 e. The maximum absolute atomic E-state index is 9.08. The SMILES string of the molecule is CON1c2ccc(-c3ccc(C#N)cc3)cc2C(C)(C)[C@@H]2COc3ccccc3[C@H]21. The maximum Gasteiger partial charge on any atom is 0.124 e. The number of nitrogens with zero attached hydrogens (tertiary/aromatic N) is 2. The molecule has 0 spiro atoms. The zero-order valence-corrected chi connectivity index (χ0v) is 17.4. The third-order valence-corrected chi connectivity index (χ3v) is 6.69. The number of hydrogen-bond donors (Lipinski definition) is 0. The Hall–Kier alpha value is -3.29. The first-order chi connectivity index (χ1) is 14.5. The van der Waals surface area contributed by atoms with Gasteiger partial charge in [0, 0.05) is 16.9 Å². The van der Waals surface area contributed by atoms with Crippen LogP contribution in [0.2, 0.25) is 0 Å². The van der Waals surface area contributed by atoms with Crippen LogP contribution in [0.25, 0.3) is 11.1 Å². The fourth-order valence-electron chi connectivity index (χ4n) is 4.96. The normalized spacial score (nSPS) is 20.9. The molecule has 0 aromatic heterocycles. The van der Waals surface area contributed by atoms with E-state index in [-0.39, 0.29) is 17.4 Å². The van der Waals surface area contributed by atoms with Crippen LogP contribution in [0.3, 0.4) is 0 Å². The molecule has 2 aliphatic heterocycles. The van der Waals surface area contributed by atoms with Crippen LogP contribution >= 0.6 is 0 Å². The highest BCUT2D eigenvalue weighted by molar-refractivity contribution is 5.72. The number of anilines is 1. The van der Waals surface area contributed by atoms with Gasteiger partial charge in [0.25, 0.3) is 0 Å². The minimum atomic E-state index is -0.106. The van der Waals surface area contributed by atoms with E-state index in [1.165, 1.54) is 11.1 Å². The van der Waals surface area contributed by atoms with Crippen molar-refractivity contribution in [2.45, 2.75) is 25.3 Å². The number of ether oxygens (including phenoxy) is 1. The van der Waals surface area contributed by atoms with Gasteiger partial charge in [0.15, 0.2) is 0 Å². The molecule has 2 aliphatic rings. The average Bonchev–Trinajstić information content (AvgIpc) is 2.79. The van der Waals surface area contributed by atoms with Crippen molar-refractivity contribution < 1.29 is 9.57 Å². The molecule has 4 heteroatoms. The first-order valence-corrected chi connectivity index (χ1v) is 10.2. The van der Waals surface area contributed by atoms with Crippen molar-refractivity contribution in [3.8, 4) is 22.9 Å². The van der Waals surface area contributed by atoms with Gasteiger partial charge in [0.1, 0.15) is 5.75 Å². The van der Waals surface area contributed by atoms with Crippen LogP contribution in [0.4, 0.5) is 5.69 Å². The quantitative estimate of drug-likeness (QED) is 0.563. The Morgan fingerprint density at radius 2 is 1.77 bits per heavy atom. The monoisotopic (exact) mass is 396 g/mol. The van der Waals surface area contributed by atoms with Gasteiger partial charge in [-0.3, -0.25) is 4.84 Å². The van der Waals surface area contributed by atoms with Crippen LogP contribution in [-0.4, -0.2) is 13.7 Å². The van der Waals surface area contributed by atoms with Crippen molar-refractivity contribution >= 4 is 5.69 Å². The summed E-state index contributed by atoms with van der Waals surface area (Å²) in [4.78, 5) is 5.95. The Balaban J connectivity index is 1.65. The van der Waals surface area contributed by atoms with Gasteiger partial charge in [-0.25, -0.2) is 5.06 Å². The molecule has 0 saturated heterocycles. The molecule has 0 unspecified atom stereocenters. The first kappa shape index (κ1) is 18.7. The molecule has 0 bridgehead atoms. The smallest absolute Gasteiger partial charge is 0.124 e. The summed E-state index contributed by atoms with van der Waals surface area (Å²) >= 11 is 0. The van der Waals surface area contributed by atoms with Crippen molar-refractivity contribution in [3.05, 3.63) is 83.4 Å². The molecule has 0 fully saturated rings. The third-order valence-electron chi connectivity index (χ3n) is 6.69. The van der Waals surface area contributed by atoms with Crippen molar-refractivity contribution in [1.29, 1.82) is 5.26 Å². The Morgan fingerprint density at radius 3 is 2.50 bits per heavy atom. The summed E-state index contributed by atoms with van der Waals surface area (Å²) in [5, 5.41) is 11.1. The lowest BCUT2D eigenvalue weighted by atomic mass is 9.65. The van der Waals surface area contributed by atoms with E-state index in [1.54, 1.807) is 7.11 Å². The summed E-state index contributed by atoms with van der Waals surface area (Å²) in [5.41, 5.74) is 6.31. The summed E-state index contributed by atoms with van der Waals surface area (Å²) in [7, 11) is 1.74. The standard InChI is InChI=1S/C26H24N2O2/c1-26(2)21-14-19(18-10-8-17(15-27)9-11-18)12-13-23(21)28(29-3)25-20-6-4-5-7-24(20)30-16-22(25)26/h4-14,22,25H,16H2,1-3H3/t22-,25-/m1/s1. The zero-order valence-electron chi connectivity index (χ0n) is 17.4. The molecule has 30 heavy (non-hydrogen) atoms. The summed E-state index contributed by atoms with van der Waals surface area (Å²) < 4.78 is 6.16. The molecule has 2 heterocycles. The van der Waals surface area contributed by atoms with E-state index in [0.717, 1.165) is 22.6 Å². The van der Waals surface area contributed by atoms with Gasteiger partial charge >= 0.3 is 0 Å². The van der Waals surface area contributed by atoms with E-state index in [0.29, 0.717) is 12.2 Å². The lowest BCUT2D eigenvalue weighted by molar-refractivity contribution is 0.0442. The van der Waals surface area contributed by atoms with Crippen LogP contribution in [-0.2, 0) is 10.3 Å². The summed E-state index contributed by atoms with van der Waals surface area (Å²) in [6, 6.07) is 24.8. The van der Waals surface area contributed by atoms with Crippen molar-refractivity contribution in [1.82, 2.24) is 0 Å². The summed E-state index contributed by atoms with van der Waals surface area (Å²) in [6.45, 7) is 5.25. The van der Waals surface area contributed by atoms with E-state index in [9.17, 15) is 0 Å². The predicted molar refractivity (Wildman–Crippen MR) is 117 cm³/mol. The van der Waals surface area contributed by atoms with Crippen LogP contribution < -0.4 is 9.80 Å². The highest BCUT2D eigenvalue weighted by Crippen LogP contribution is 2.55. The largest absolute Gasteiger partial charge is 0.493 e. The van der Waals surface area contributed by atoms with Crippen LogP contribution in [0.5, 0.6) is 5.75 Å². The second-order valence-corrected chi connectivity index (χ2v) is 8.55. The van der Waals surface area contributed by atoms with Gasteiger partial charge in [-0.15, -0.1) is 0 Å². The number of hydroxylamine groups is 1. The third kappa shape index (κ3) is 2.70. The fraction of sp³-hybridized carbons (Fsp3) is 0.269. The number of hydrogen-bond acceptors (Lipinski definition) is 4. The van der Waals surface area contributed by atoms with Gasteiger partial charge in [-0.2, -0.15) is 5.26 Å². The van der Waals surface area contributed by atoms with E-state index < -0.39 is 0 Å². The number of fused-ring (bicyclic) bond motifs is 4. The summed E-state index contributed by atoms with van der Waals surface area (Å²) in [5.74, 6) is 1.19. The summed E-state index contributed by atoms with van der Waals surface area (Å²) in [6.07, 6.45) is 0. The molecule has 0 N–H and O–H groups in total.